The van der Waals surface area contributed by atoms with E-state index in [1.165, 1.54) is 4.31 Å². The van der Waals surface area contributed by atoms with Crippen molar-refractivity contribution in [1.82, 2.24) is 4.31 Å². The molecule has 0 bridgehead atoms. The Balaban J connectivity index is 1.81. The number of rotatable bonds is 6. The number of nitrogens with one attached hydrogen (secondary N) is 1. The van der Waals surface area contributed by atoms with Crippen molar-refractivity contribution in [3.05, 3.63) is 71.8 Å². The summed E-state index contributed by atoms with van der Waals surface area (Å²) in [7, 11) is -3.77. The normalized spacial score (nSPS) is 11.7. The molecule has 3 rings (SSSR count). The molecule has 5 nitrogen and oxygen atoms in total. The minimum atomic E-state index is -3.77. The number of sulfonamides is 1. The predicted octanol–water partition coefficient (Wildman–Crippen LogP) is 4.11. The van der Waals surface area contributed by atoms with Crippen LogP contribution < -0.4 is 5.32 Å². The lowest BCUT2D eigenvalue weighted by Crippen LogP contribution is -2.37. The Morgan fingerprint density at radius 3 is 2.36 bits per heavy atom. The van der Waals surface area contributed by atoms with E-state index >= 15 is 0 Å². The fraction of sp³-hybridized carbons (Fsp3) is 0.227. The highest BCUT2D eigenvalue weighted by Crippen LogP contribution is 2.22. The Bertz CT molecular complexity index is 1120. The molecular formula is C22H24N2O3S. The van der Waals surface area contributed by atoms with Gasteiger partial charge in [-0.15, -0.1) is 0 Å². The van der Waals surface area contributed by atoms with Crippen LogP contribution in [0.3, 0.4) is 0 Å². The Labute approximate surface area is 166 Å². The van der Waals surface area contributed by atoms with Crippen molar-refractivity contribution >= 4 is 32.4 Å². The van der Waals surface area contributed by atoms with E-state index in [1.54, 1.807) is 25.1 Å². The second kappa shape index (κ2) is 8.12. The van der Waals surface area contributed by atoms with E-state index in [0.717, 1.165) is 21.9 Å². The van der Waals surface area contributed by atoms with Gasteiger partial charge in [0.1, 0.15) is 0 Å². The van der Waals surface area contributed by atoms with Gasteiger partial charge >= 0.3 is 0 Å². The number of carbonyl (C=O) groups is 1. The standard InChI is InChI=1S/C22H24N2O3S/c1-4-24(15-22(25)23-21-12-9-16(2)13-17(21)3)28(26,27)20-11-10-18-7-5-6-8-19(18)14-20/h5-14H,4,15H2,1-3H3,(H,23,25). The number of hydrogen-bond acceptors (Lipinski definition) is 3. The van der Waals surface area contributed by atoms with Crippen molar-refractivity contribution in [2.45, 2.75) is 25.7 Å². The average molecular weight is 397 g/mol. The zero-order valence-corrected chi connectivity index (χ0v) is 17.1. The average Bonchev–Trinajstić information content (AvgIpc) is 2.67. The maximum atomic E-state index is 13.1. The lowest BCUT2D eigenvalue weighted by molar-refractivity contribution is -0.116. The van der Waals surface area contributed by atoms with Gasteiger partial charge in [0.25, 0.3) is 0 Å². The van der Waals surface area contributed by atoms with E-state index in [9.17, 15) is 13.2 Å². The van der Waals surface area contributed by atoms with Gasteiger partial charge in [-0.25, -0.2) is 8.42 Å². The lowest BCUT2D eigenvalue weighted by atomic mass is 10.1. The van der Waals surface area contributed by atoms with Crippen LogP contribution >= 0.6 is 0 Å². The van der Waals surface area contributed by atoms with Crippen molar-refractivity contribution in [2.75, 3.05) is 18.4 Å². The summed E-state index contributed by atoms with van der Waals surface area (Å²) in [6, 6.07) is 18.3. The summed E-state index contributed by atoms with van der Waals surface area (Å²) >= 11 is 0. The topological polar surface area (TPSA) is 66.5 Å². The second-order valence-electron chi connectivity index (χ2n) is 6.81. The molecule has 0 saturated heterocycles. The van der Waals surface area contributed by atoms with E-state index in [4.69, 9.17) is 0 Å². The molecule has 1 amide bonds. The third-order valence-electron chi connectivity index (χ3n) is 4.69. The molecule has 0 radical (unpaired) electrons. The first-order valence-electron chi connectivity index (χ1n) is 9.17. The van der Waals surface area contributed by atoms with Crippen molar-refractivity contribution in [2.24, 2.45) is 0 Å². The minimum absolute atomic E-state index is 0.187. The van der Waals surface area contributed by atoms with Crippen molar-refractivity contribution in [1.29, 1.82) is 0 Å². The van der Waals surface area contributed by atoms with E-state index in [-0.39, 0.29) is 23.9 Å². The molecule has 3 aromatic carbocycles. The third-order valence-corrected chi connectivity index (χ3v) is 6.60. The van der Waals surface area contributed by atoms with Crippen LogP contribution in [0.15, 0.2) is 65.6 Å². The van der Waals surface area contributed by atoms with Crippen LogP contribution in [0, 0.1) is 13.8 Å². The molecule has 0 fully saturated rings. The fourth-order valence-corrected chi connectivity index (χ4v) is 4.59. The molecule has 3 aromatic rings. The molecule has 0 saturated carbocycles. The number of aryl methyl sites for hydroxylation is 2. The predicted molar refractivity (Wildman–Crippen MR) is 113 cm³/mol. The highest BCUT2D eigenvalue weighted by atomic mass is 32.2. The van der Waals surface area contributed by atoms with Gasteiger partial charge in [-0.3, -0.25) is 4.79 Å². The molecule has 0 aliphatic heterocycles. The van der Waals surface area contributed by atoms with Gasteiger partial charge in [-0.05, 0) is 48.4 Å². The van der Waals surface area contributed by atoms with Gasteiger partial charge in [0.05, 0.1) is 11.4 Å². The van der Waals surface area contributed by atoms with Gasteiger partial charge in [-0.1, -0.05) is 55.0 Å². The van der Waals surface area contributed by atoms with E-state index in [2.05, 4.69) is 5.32 Å². The molecule has 146 valence electrons. The number of fused-ring (bicyclic) bond motifs is 1. The lowest BCUT2D eigenvalue weighted by Gasteiger charge is -2.20. The first-order valence-corrected chi connectivity index (χ1v) is 10.6. The summed E-state index contributed by atoms with van der Waals surface area (Å²) in [5, 5.41) is 4.63. The number of carbonyl (C=O) groups excluding carboxylic acids is 1. The van der Waals surface area contributed by atoms with Crippen LogP contribution in [0.5, 0.6) is 0 Å². The molecule has 0 aliphatic carbocycles. The molecule has 0 aliphatic rings. The van der Waals surface area contributed by atoms with E-state index in [1.807, 2.05) is 56.3 Å². The van der Waals surface area contributed by atoms with Crippen LogP contribution in [0.2, 0.25) is 0 Å². The Morgan fingerprint density at radius 1 is 0.964 bits per heavy atom. The van der Waals surface area contributed by atoms with Crippen molar-refractivity contribution < 1.29 is 13.2 Å². The number of likely N-dealkylation sites (N-methyl/N-ethyl adjacent to an activating group) is 1. The van der Waals surface area contributed by atoms with Gasteiger partial charge < -0.3 is 5.32 Å². The molecule has 0 spiro atoms. The molecular weight excluding hydrogens is 372 g/mol. The number of amides is 1. The smallest absolute Gasteiger partial charge is 0.243 e. The summed E-state index contributed by atoms with van der Waals surface area (Å²) in [4.78, 5) is 12.7. The Hall–Kier alpha value is -2.70. The quantitative estimate of drug-likeness (QED) is 0.682. The molecule has 0 aromatic heterocycles. The van der Waals surface area contributed by atoms with Gasteiger partial charge in [0, 0.05) is 12.2 Å². The molecule has 6 heteroatoms. The van der Waals surface area contributed by atoms with Crippen LogP contribution in [-0.4, -0.2) is 31.7 Å². The first kappa shape index (κ1) is 20.0. The first-order chi connectivity index (χ1) is 13.3. The van der Waals surface area contributed by atoms with Crippen LogP contribution in [0.25, 0.3) is 10.8 Å². The summed E-state index contributed by atoms with van der Waals surface area (Å²) in [6.45, 7) is 5.58. The van der Waals surface area contributed by atoms with Gasteiger partial charge in [-0.2, -0.15) is 4.31 Å². The monoisotopic (exact) mass is 396 g/mol. The molecule has 28 heavy (non-hydrogen) atoms. The molecule has 0 heterocycles. The Kier molecular flexibility index (Phi) is 5.82. The van der Waals surface area contributed by atoms with E-state index in [0.29, 0.717) is 5.69 Å². The van der Waals surface area contributed by atoms with Crippen molar-refractivity contribution in [3.63, 3.8) is 0 Å². The molecule has 1 N–H and O–H groups in total. The summed E-state index contributed by atoms with van der Waals surface area (Å²) in [5.74, 6) is -0.363. The SMILES string of the molecule is CCN(CC(=O)Nc1ccc(C)cc1C)S(=O)(=O)c1ccc2ccccc2c1. The second-order valence-corrected chi connectivity index (χ2v) is 8.74. The fourth-order valence-electron chi connectivity index (χ4n) is 3.15. The zero-order chi connectivity index (χ0) is 20.3. The summed E-state index contributed by atoms with van der Waals surface area (Å²) in [5.41, 5.74) is 2.73. The highest BCUT2D eigenvalue weighted by molar-refractivity contribution is 7.89. The van der Waals surface area contributed by atoms with Crippen LogP contribution in [0.4, 0.5) is 5.69 Å². The maximum Gasteiger partial charge on any atom is 0.243 e. The summed E-state index contributed by atoms with van der Waals surface area (Å²) < 4.78 is 27.3. The van der Waals surface area contributed by atoms with Crippen LogP contribution in [0.1, 0.15) is 18.1 Å². The zero-order valence-electron chi connectivity index (χ0n) is 16.3. The number of anilines is 1. The third kappa shape index (κ3) is 4.24. The van der Waals surface area contributed by atoms with E-state index < -0.39 is 10.0 Å². The molecule has 0 unspecified atom stereocenters. The number of hydrogen-bond donors (Lipinski definition) is 1. The van der Waals surface area contributed by atoms with Gasteiger partial charge in [0.2, 0.25) is 15.9 Å². The highest BCUT2D eigenvalue weighted by Gasteiger charge is 2.25. The number of nitrogens with zero attached hydrogens (tertiary/aromatic N) is 1. The Morgan fingerprint density at radius 2 is 1.68 bits per heavy atom. The maximum absolute atomic E-state index is 13.1. The number of benzene rings is 3. The minimum Gasteiger partial charge on any atom is -0.325 e. The largest absolute Gasteiger partial charge is 0.325 e. The van der Waals surface area contributed by atoms with Crippen LogP contribution in [-0.2, 0) is 14.8 Å². The molecule has 0 atom stereocenters. The van der Waals surface area contributed by atoms with Gasteiger partial charge in [0.15, 0.2) is 0 Å². The van der Waals surface area contributed by atoms with Crippen molar-refractivity contribution in [3.8, 4) is 0 Å². The summed E-state index contributed by atoms with van der Waals surface area (Å²) in [6.07, 6.45) is 0.